The van der Waals surface area contributed by atoms with Crippen LogP contribution in [0.4, 0.5) is 21.5 Å². The summed E-state index contributed by atoms with van der Waals surface area (Å²) in [5.41, 5.74) is 3.28. The molecule has 0 amide bonds. The number of carbonyl (C=O) groups is 3. The van der Waals surface area contributed by atoms with E-state index >= 15 is 0 Å². The Morgan fingerprint density at radius 1 is 0.380 bits per heavy atom. The van der Waals surface area contributed by atoms with Crippen molar-refractivity contribution in [1.29, 1.82) is 0 Å². The zero-order chi connectivity index (χ0) is 66.3. The fraction of sp³-hybridized carbons (Fsp3) is 0.149. The van der Waals surface area contributed by atoms with Gasteiger partial charge in [-0.05, 0) is 176 Å². The van der Waals surface area contributed by atoms with E-state index in [2.05, 4.69) is 14.2 Å². The van der Waals surface area contributed by atoms with Crippen LogP contribution in [0, 0.1) is 12.7 Å². The average molecular weight is 1310 g/mol. The second-order valence-corrected chi connectivity index (χ2v) is 24.9. The number of ether oxygens (including phenoxy) is 6. The highest BCUT2D eigenvalue weighted by atomic mass is 32.2. The zero-order valence-corrected chi connectivity index (χ0v) is 52.1. The molecule has 6 N–H and O–H groups in total. The number of aryl methyl sites for hydroxylation is 1. The Morgan fingerprint density at radius 3 is 1.02 bits per heavy atom. The number of aromatic carboxylic acids is 3. The van der Waals surface area contributed by atoms with E-state index in [-0.39, 0.29) is 88.3 Å². The van der Waals surface area contributed by atoms with Gasteiger partial charge in [0.05, 0.1) is 14.7 Å². The van der Waals surface area contributed by atoms with Gasteiger partial charge in [-0.1, -0.05) is 80.6 Å². The number of carboxylic acid groups (broad SMARTS) is 3. The molecule has 0 spiro atoms. The Morgan fingerprint density at radius 2 is 0.696 bits per heavy atom. The van der Waals surface area contributed by atoms with E-state index in [9.17, 15) is 44.0 Å². The van der Waals surface area contributed by atoms with Crippen molar-refractivity contribution in [1.82, 2.24) is 0 Å². The zero-order valence-electron chi connectivity index (χ0n) is 49.7. The van der Waals surface area contributed by atoms with Gasteiger partial charge in [0.2, 0.25) is 0 Å². The predicted octanol–water partition coefficient (Wildman–Crippen LogP) is 12.5. The van der Waals surface area contributed by atoms with Crippen LogP contribution in [-0.2, 0) is 30.1 Å². The normalized spacial score (nSPS) is 11.1. The number of nitrogens with one attached hydrogen (secondary N) is 3. The predicted molar refractivity (Wildman–Crippen MR) is 343 cm³/mol. The molecular formula is C67H64FN3O18S3. The number of benzene rings is 9. The molecule has 0 aliphatic carbocycles. The van der Waals surface area contributed by atoms with Gasteiger partial charge in [0, 0.05) is 17.1 Å². The monoisotopic (exact) mass is 1310 g/mol. The van der Waals surface area contributed by atoms with Crippen LogP contribution in [0.1, 0.15) is 62.0 Å². The third-order valence-corrected chi connectivity index (χ3v) is 16.9. The van der Waals surface area contributed by atoms with Crippen molar-refractivity contribution < 1.29 is 87.8 Å². The van der Waals surface area contributed by atoms with Crippen molar-refractivity contribution in [3.05, 3.63) is 252 Å². The lowest BCUT2D eigenvalue weighted by Crippen LogP contribution is -2.13. The van der Waals surface area contributed by atoms with Crippen molar-refractivity contribution in [2.75, 3.05) is 53.8 Å². The molecule has 0 saturated carbocycles. The molecule has 25 heteroatoms. The molecule has 0 saturated heterocycles. The van der Waals surface area contributed by atoms with E-state index in [1.807, 2.05) is 39.0 Å². The van der Waals surface area contributed by atoms with Crippen LogP contribution >= 0.6 is 0 Å². The summed E-state index contributed by atoms with van der Waals surface area (Å²) in [6.07, 6.45) is 0. The molecule has 0 bridgehead atoms. The lowest BCUT2D eigenvalue weighted by Gasteiger charge is -2.12. The van der Waals surface area contributed by atoms with Gasteiger partial charge >= 0.3 is 17.9 Å². The molecule has 0 heterocycles. The number of carboxylic acids is 3. The summed E-state index contributed by atoms with van der Waals surface area (Å²) in [5, 5.41) is 27.4. The topological polar surface area (TPSA) is 306 Å². The third kappa shape index (κ3) is 21.0. The van der Waals surface area contributed by atoms with Crippen LogP contribution in [0.2, 0.25) is 0 Å². The second-order valence-electron chi connectivity index (χ2n) is 19.9. The van der Waals surface area contributed by atoms with E-state index in [0.717, 1.165) is 23.3 Å². The van der Waals surface area contributed by atoms with Crippen molar-refractivity contribution >= 4 is 65.0 Å². The van der Waals surface area contributed by atoms with Gasteiger partial charge in [-0.15, -0.1) is 0 Å². The first-order valence-electron chi connectivity index (χ1n) is 28.0. The number of sulfonamides is 3. The summed E-state index contributed by atoms with van der Waals surface area (Å²) >= 11 is 0. The van der Waals surface area contributed by atoms with Crippen LogP contribution in [0.15, 0.2) is 233 Å². The van der Waals surface area contributed by atoms with E-state index in [1.54, 1.807) is 140 Å². The Balaban J connectivity index is 0.000000196. The Kier molecular flexibility index (Phi) is 24.5. The first kappa shape index (κ1) is 68.9. The second kappa shape index (κ2) is 32.7. The molecule has 21 nitrogen and oxygen atoms in total. The minimum absolute atomic E-state index is 0.0624. The largest absolute Gasteiger partial charge is 0.490 e. The third-order valence-electron chi connectivity index (χ3n) is 12.8. The van der Waals surface area contributed by atoms with Gasteiger partial charge in [-0.3, -0.25) is 14.2 Å². The van der Waals surface area contributed by atoms with Crippen molar-refractivity contribution in [3.8, 4) is 34.5 Å². The summed E-state index contributed by atoms with van der Waals surface area (Å²) in [5.74, 6) is -1.19. The summed E-state index contributed by atoms with van der Waals surface area (Å²) in [7, 11) is -11.3. The maximum Gasteiger partial charge on any atom is 0.339 e. The van der Waals surface area contributed by atoms with E-state index < -0.39 is 53.8 Å². The van der Waals surface area contributed by atoms with Gasteiger partial charge in [0.15, 0.2) is 0 Å². The number of anilines is 3. The number of halogens is 1. The highest BCUT2D eigenvalue weighted by Crippen LogP contribution is 2.26. The Hall–Kier alpha value is -10.6. The summed E-state index contributed by atoms with van der Waals surface area (Å²) in [6, 6.07) is 56.3. The molecular weight excluding hydrogens is 1250 g/mol. The number of hydrogen-bond donors (Lipinski definition) is 6. The van der Waals surface area contributed by atoms with Crippen LogP contribution in [0.3, 0.4) is 0 Å². The summed E-state index contributed by atoms with van der Waals surface area (Å²) in [6.45, 7) is 6.91. The molecule has 0 aromatic heterocycles. The van der Waals surface area contributed by atoms with Crippen LogP contribution in [0.5, 0.6) is 34.5 Å². The van der Waals surface area contributed by atoms with Gasteiger partial charge < -0.3 is 43.7 Å². The fourth-order valence-corrected chi connectivity index (χ4v) is 11.5. The first-order chi connectivity index (χ1) is 44.0. The van der Waals surface area contributed by atoms with Crippen LogP contribution < -0.4 is 42.6 Å². The maximum atomic E-state index is 13.3. The Labute approximate surface area is 531 Å². The highest BCUT2D eigenvalue weighted by Gasteiger charge is 2.19. The standard InChI is InChI=1S/C24H25NO6S.C22H21NO6S.C21H18FNO6S/c1-17(2)18-7-13-21(14-8-18)32(28,29)25-19-9-11-20(12-10-19)30-15-16-31-23-6-4-3-5-22(23)24(26)27;1-16-5-4-6-19(15-16)30(26,27)23-17-9-11-18(12-10-17)28-13-14-29-21-8-3-2-7-20(21)22(24)25;22-15-4-3-5-18(14-15)30(26,27)23-16-8-10-17(11-9-16)28-12-13-29-20-7-2-1-6-19(20)21(24)25/h3-14,17,25H,15-16H2,1-2H3,(H,26,27);2-12,15,23H,13-14H2,1H3,(H,24,25);1-11,14,23H,12-13H2,(H,24,25). The molecule has 0 atom stereocenters. The molecule has 9 aromatic carbocycles. The molecule has 0 aliphatic rings. The average Bonchev–Trinajstić information content (AvgIpc) is 1.51. The molecule has 0 radical (unpaired) electrons. The van der Waals surface area contributed by atoms with Gasteiger partial charge in [-0.2, -0.15) is 0 Å². The molecule has 0 unspecified atom stereocenters. The molecule has 9 rings (SSSR count). The number of rotatable bonds is 28. The first-order valence-corrected chi connectivity index (χ1v) is 32.5. The highest BCUT2D eigenvalue weighted by molar-refractivity contribution is 7.93. The van der Waals surface area contributed by atoms with Gasteiger partial charge in [-0.25, -0.2) is 44.0 Å². The number of para-hydroxylation sites is 3. The van der Waals surface area contributed by atoms with Crippen molar-refractivity contribution in [2.45, 2.75) is 41.4 Å². The van der Waals surface area contributed by atoms with Crippen LogP contribution in [-0.4, -0.2) is 98.1 Å². The van der Waals surface area contributed by atoms with Crippen LogP contribution in [0.25, 0.3) is 0 Å². The SMILES string of the molecule is CC(C)c1ccc(S(=O)(=O)Nc2ccc(OCCOc3ccccc3C(=O)O)cc2)cc1.Cc1cccc(S(=O)(=O)Nc2ccc(OCCOc3ccccc3C(=O)O)cc2)c1.O=C(O)c1ccccc1OCCOc1ccc(NS(=O)(=O)c2cccc(F)c2)cc1. The smallest absolute Gasteiger partial charge is 0.339 e. The van der Waals surface area contributed by atoms with E-state index in [4.69, 9.17) is 43.7 Å². The Bertz CT molecular complexity index is 4110. The summed E-state index contributed by atoms with van der Waals surface area (Å²) in [4.78, 5) is 33.7. The molecule has 0 fully saturated rings. The minimum atomic E-state index is -3.91. The molecule has 0 aliphatic heterocycles. The quantitative estimate of drug-likeness (QED) is 0.0248. The molecule has 480 valence electrons. The van der Waals surface area contributed by atoms with E-state index in [1.165, 1.54) is 48.5 Å². The fourth-order valence-electron chi connectivity index (χ4n) is 8.19. The summed E-state index contributed by atoms with van der Waals surface area (Å²) < 4.78 is 128. The van der Waals surface area contributed by atoms with Crippen molar-refractivity contribution in [2.24, 2.45) is 0 Å². The van der Waals surface area contributed by atoms with Crippen molar-refractivity contribution in [3.63, 3.8) is 0 Å². The lowest BCUT2D eigenvalue weighted by molar-refractivity contribution is 0.0680. The van der Waals surface area contributed by atoms with Gasteiger partial charge in [0.1, 0.15) is 96.6 Å². The molecule has 92 heavy (non-hydrogen) atoms. The lowest BCUT2D eigenvalue weighted by atomic mass is 10.0. The molecule has 9 aromatic rings. The van der Waals surface area contributed by atoms with Gasteiger partial charge in [0.25, 0.3) is 30.1 Å². The number of hydrogen-bond acceptors (Lipinski definition) is 15. The minimum Gasteiger partial charge on any atom is -0.490 e. The van der Waals surface area contributed by atoms with E-state index in [0.29, 0.717) is 40.2 Å². The maximum absolute atomic E-state index is 13.3.